The molecule has 0 saturated heterocycles. The lowest BCUT2D eigenvalue weighted by atomic mass is 9.48. The van der Waals surface area contributed by atoms with Gasteiger partial charge >= 0.3 is 0 Å². The van der Waals surface area contributed by atoms with Crippen molar-refractivity contribution in [2.45, 2.75) is 136 Å². The highest BCUT2D eigenvalue weighted by Crippen LogP contribution is 2.60. The molecule has 31 heavy (non-hydrogen) atoms. The Morgan fingerprint density at radius 1 is 0.710 bits per heavy atom. The van der Waals surface area contributed by atoms with E-state index in [1.807, 2.05) is 0 Å². The Hall–Kier alpha value is -0.510. The molecule has 0 N–H and O–H groups in total. The van der Waals surface area contributed by atoms with Crippen LogP contribution in [0.15, 0.2) is 0 Å². The summed E-state index contributed by atoms with van der Waals surface area (Å²) >= 11 is 0. The average Bonchev–Trinajstić information content (AvgIpc) is 2.81. The first-order chi connectivity index (χ1) is 15.2. The molecule has 1 nitrogen and oxygen atoms in total. The van der Waals surface area contributed by atoms with Crippen LogP contribution in [0.5, 0.6) is 0 Å². The van der Waals surface area contributed by atoms with Crippen LogP contribution in [0.25, 0.3) is 0 Å². The van der Waals surface area contributed by atoms with E-state index in [1.54, 1.807) is 12.8 Å². The van der Waals surface area contributed by atoms with Gasteiger partial charge in [-0.25, -0.2) is 0 Å². The predicted octanol–water partition coefficient (Wildman–Crippen LogP) is 9.32. The molecular formula is C30H51N. The molecule has 0 amide bonds. The van der Waals surface area contributed by atoms with E-state index >= 15 is 0 Å². The lowest BCUT2D eigenvalue weighted by Gasteiger charge is -2.57. The molecule has 4 rings (SSSR count). The van der Waals surface area contributed by atoms with E-state index in [4.69, 9.17) is 0 Å². The maximum Gasteiger partial charge on any atom is 0.0689 e. The zero-order chi connectivity index (χ0) is 21.7. The van der Waals surface area contributed by atoms with Crippen molar-refractivity contribution in [3.8, 4) is 6.07 Å². The van der Waals surface area contributed by atoms with Crippen molar-refractivity contribution in [2.75, 3.05) is 0 Å². The quantitative estimate of drug-likeness (QED) is 0.337. The molecule has 0 heterocycles. The topological polar surface area (TPSA) is 23.8 Å². The maximum absolute atomic E-state index is 10.2. The Morgan fingerprint density at radius 3 is 2.23 bits per heavy atom. The molecule has 176 valence electrons. The summed E-state index contributed by atoms with van der Waals surface area (Å²) in [5.74, 6) is 7.11. The van der Waals surface area contributed by atoms with E-state index in [0.717, 1.165) is 41.4 Å². The summed E-state index contributed by atoms with van der Waals surface area (Å²) in [6.07, 6.45) is 26.7. The normalized spacial score (nSPS) is 42.2. The standard InChI is InChI=1S/C30H51N/c1-3-5-7-8-9-19-30(22-31)20-18-26-24(21-30)14-15-29-27-13-10-12-23(11-6-4-2)25(27)16-17-28(26)29/h23-29H,3-21H2,1-2H3/t23-,24?,25?,26?,27?,28?,29?,30-/m1/s1. The van der Waals surface area contributed by atoms with Gasteiger partial charge in [0.15, 0.2) is 0 Å². The summed E-state index contributed by atoms with van der Waals surface area (Å²) in [5, 5.41) is 10.2. The van der Waals surface area contributed by atoms with Crippen LogP contribution in [-0.4, -0.2) is 0 Å². The lowest BCUT2D eigenvalue weighted by molar-refractivity contribution is -0.0718. The monoisotopic (exact) mass is 425 g/mol. The van der Waals surface area contributed by atoms with Gasteiger partial charge in [0.2, 0.25) is 0 Å². The number of hydrogen-bond donors (Lipinski definition) is 0. The molecule has 6 unspecified atom stereocenters. The van der Waals surface area contributed by atoms with Crippen LogP contribution in [0.2, 0.25) is 0 Å². The first-order valence-corrected chi connectivity index (χ1v) is 14.6. The Balaban J connectivity index is 1.35. The van der Waals surface area contributed by atoms with Gasteiger partial charge in [0.1, 0.15) is 0 Å². The van der Waals surface area contributed by atoms with Gasteiger partial charge in [-0.15, -0.1) is 0 Å². The average molecular weight is 426 g/mol. The van der Waals surface area contributed by atoms with Crippen molar-refractivity contribution in [1.29, 1.82) is 5.26 Å². The zero-order valence-electron chi connectivity index (χ0n) is 20.9. The molecule has 0 bridgehead atoms. The van der Waals surface area contributed by atoms with Crippen LogP contribution in [0.1, 0.15) is 136 Å². The molecule has 0 aromatic heterocycles. The van der Waals surface area contributed by atoms with Crippen LogP contribution >= 0.6 is 0 Å². The molecule has 0 aliphatic heterocycles. The molecule has 8 atom stereocenters. The van der Waals surface area contributed by atoms with Crippen molar-refractivity contribution in [1.82, 2.24) is 0 Å². The van der Waals surface area contributed by atoms with Crippen molar-refractivity contribution in [2.24, 2.45) is 46.8 Å². The van der Waals surface area contributed by atoms with E-state index in [1.165, 1.54) is 109 Å². The van der Waals surface area contributed by atoms with Gasteiger partial charge in [-0.05, 0) is 99.2 Å². The van der Waals surface area contributed by atoms with E-state index in [9.17, 15) is 5.26 Å². The van der Waals surface area contributed by atoms with Crippen LogP contribution in [0, 0.1) is 58.2 Å². The molecule has 4 saturated carbocycles. The Morgan fingerprint density at radius 2 is 1.42 bits per heavy atom. The van der Waals surface area contributed by atoms with E-state index in [2.05, 4.69) is 19.9 Å². The van der Waals surface area contributed by atoms with Gasteiger partial charge in [0.05, 0.1) is 11.5 Å². The predicted molar refractivity (Wildman–Crippen MR) is 132 cm³/mol. The minimum atomic E-state index is 0.0352. The number of nitriles is 1. The molecule has 4 aliphatic rings. The van der Waals surface area contributed by atoms with E-state index in [0.29, 0.717) is 0 Å². The molecule has 4 aliphatic carbocycles. The van der Waals surface area contributed by atoms with Gasteiger partial charge in [-0.2, -0.15) is 5.26 Å². The highest BCUT2D eigenvalue weighted by Gasteiger charge is 2.52. The molecule has 1 heteroatoms. The zero-order valence-corrected chi connectivity index (χ0v) is 20.9. The molecule has 4 fully saturated rings. The first kappa shape index (κ1) is 23.6. The van der Waals surface area contributed by atoms with E-state index in [-0.39, 0.29) is 5.41 Å². The molecular weight excluding hydrogens is 374 g/mol. The number of nitrogens with zero attached hydrogens (tertiary/aromatic N) is 1. The van der Waals surface area contributed by atoms with Crippen molar-refractivity contribution < 1.29 is 0 Å². The van der Waals surface area contributed by atoms with Crippen molar-refractivity contribution in [3.63, 3.8) is 0 Å². The highest BCUT2D eigenvalue weighted by molar-refractivity contribution is 5.07. The van der Waals surface area contributed by atoms with Crippen LogP contribution in [0.3, 0.4) is 0 Å². The largest absolute Gasteiger partial charge is 0.198 e. The maximum atomic E-state index is 10.2. The summed E-state index contributed by atoms with van der Waals surface area (Å²) < 4.78 is 0. The highest BCUT2D eigenvalue weighted by atomic mass is 14.6. The smallest absolute Gasteiger partial charge is 0.0689 e. The van der Waals surface area contributed by atoms with Gasteiger partial charge < -0.3 is 0 Å². The third-order valence-corrected chi connectivity index (χ3v) is 10.8. The number of rotatable bonds is 9. The number of hydrogen-bond acceptors (Lipinski definition) is 1. The second-order valence-corrected chi connectivity index (χ2v) is 12.4. The van der Waals surface area contributed by atoms with Gasteiger partial charge in [-0.1, -0.05) is 78.1 Å². The Kier molecular flexibility index (Phi) is 8.45. The fourth-order valence-electron chi connectivity index (χ4n) is 9.25. The minimum absolute atomic E-state index is 0.0352. The third-order valence-electron chi connectivity index (χ3n) is 10.8. The summed E-state index contributed by atoms with van der Waals surface area (Å²) in [4.78, 5) is 0. The molecule has 0 aromatic carbocycles. The fraction of sp³-hybridized carbons (Fsp3) is 0.967. The summed E-state index contributed by atoms with van der Waals surface area (Å²) in [5.41, 5.74) is 0.0352. The first-order valence-electron chi connectivity index (χ1n) is 14.6. The SMILES string of the molecule is CCCCCCC[C@@]1(C#N)CCC2C(CCC3C2CCC2C3CCC[C@H]2CCCC)C1. The number of fused-ring (bicyclic) bond motifs is 5. The van der Waals surface area contributed by atoms with Crippen molar-refractivity contribution >= 4 is 0 Å². The Labute approximate surface area is 194 Å². The second-order valence-electron chi connectivity index (χ2n) is 12.4. The van der Waals surface area contributed by atoms with Gasteiger partial charge in [-0.3, -0.25) is 0 Å². The minimum Gasteiger partial charge on any atom is -0.198 e. The third kappa shape index (κ3) is 5.20. The van der Waals surface area contributed by atoms with Crippen LogP contribution < -0.4 is 0 Å². The van der Waals surface area contributed by atoms with Gasteiger partial charge in [0, 0.05) is 0 Å². The summed E-state index contributed by atoms with van der Waals surface area (Å²) in [7, 11) is 0. The lowest BCUT2D eigenvalue weighted by Crippen LogP contribution is -2.49. The second kappa shape index (κ2) is 11.1. The van der Waals surface area contributed by atoms with Crippen LogP contribution in [0.4, 0.5) is 0 Å². The van der Waals surface area contributed by atoms with Crippen molar-refractivity contribution in [3.05, 3.63) is 0 Å². The number of unbranched alkanes of at least 4 members (excludes halogenated alkanes) is 5. The van der Waals surface area contributed by atoms with Gasteiger partial charge in [0.25, 0.3) is 0 Å². The summed E-state index contributed by atoms with van der Waals surface area (Å²) in [6, 6.07) is 2.88. The van der Waals surface area contributed by atoms with E-state index < -0.39 is 0 Å². The fourth-order valence-corrected chi connectivity index (χ4v) is 9.25. The molecule has 0 radical (unpaired) electrons. The molecule has 0 aromatic rings. The Bertz CT molecular complexity index is 590. The summed E-state index contributed by atoms with van der Waals surface area (Å²) in [6.45, 7) is 4.66. The van der Waals surface area contributed by atoms with Crippen LogP contribution in [-0.2, 0) is 0 Å². The molecule has 0 spiro atoms.